The Balaban J connectivity index is 2.57. The average molecular weight is 229 g/mol. The van der Waals surface area contributed by atoms with E-state index in [1.165, 1.54) is 28.0 Å². The summed E-state index contributed by atoms with van der Waals surface area (Å²) in [7, 11) is 0. The first kappa shape index (κ1) is 9.54. The number of anilines is 1. The van der Waals surface area contributed by atoms with E-state index in [1.807, 2.05) is 0 Å². The summed E-state index contributed by atoms with van der Waals surface area (Å²) in [4.78, 5) is 5.55. The summed E-state index contributed by atoms with van der Waals surface area (Å²) in [6.45, 7) is 4.16. The zero-order valence-corrected chi connectivity index (χ0v) is 9.93. The Labute approximate surface area is 97.1 Å². The van der Waals surface area contributed by atoms with Crippen LogP contribution in [-0.4, -0.2) is 9.36 Å². The van der Waals surface area contributed by atoms with Gasteiger partial charge in [0.2, 0.25) is 0 Å². The summed E-state index contributed by atoms with van der Waals surface area (Å²) in [5, 5.41) is 2.13. The van der Waals surface area contributed by atoms with Crippen LogP contribution in [0.4, 0.5) is 5.82 Å². The molecule has 0 aliphatic heterocycles. The van der Waals surface area contributed by atoms with Crippen LogP contribution in [-0.2, 0) is 0 Å². The van der Waals surface area contributed by atoms with Gasteiger partial charge in [0.15, 0.2) is 0 Å². The standard InChI is InChI=1S/C12H11N3S/c1-6-3-4-7(2)10-8(6)5-9-11(13)15-16-12(9)14-10/h3-5H,1-2H3,(H2,13,15). The van der Waals surface area contributed by atoms with Crippen molar-refractivity contribution in [2.45, 2.75) is 13.8 Å². The van der Waals surface area contributed by atoms with Gasteiger partial charge in [0, 0.05) is 5.39 Å². The van der Waals surface area contributed by atoms with Crippen molar-refractivity contribution in [1.29, 1.82) is 0 Å². The Morgan fingerprint density at radius 3 is 2.69 bits per heavy atom. The Hall–Kier alpha value is -1.68. The molecule has 0 spiro atoms. The van der Waals surface area contributed by atoms with Gasteiger partial charge in [0.1, 0.15) is 10.6 Å². The smallest absolute Gasteiger partial charge is 0.146 e. The minimum atomic E-state index is 0.579. The van der Waals surface area contributed by atoms with Crippen molar-refractivity contribution in [3.8, 4) is 0 Å². The number of nitrogen functional groups attached to an aromatic ring is 1. The minimum Gasteiger partial charge on any atom is -0.382 e. The minimum absolute atomic E-state index is 0.579. The molecular weight excluding hydrogens is 218 g/mol. The predicted molar refractivity (Wildman–Crippen MR) is 68.8 cm³/mol. The molecule has 4 heteroatoms. The largest absolute Gasteiger partial charge is 0.382 e. The molecule has 0 fully saturated rings. The first-order valence-electron chi connectivity index (χ1n) is 5.08. The van der Waals surface area contributed by atoms with Gasteiger partial charge in [-0.25, -0.2) is 4.98 Å². The third kappa shape index (κ3) is 1.20. The van der Waals surface area contributed by atoms with Gasteiger partial charge >= 0.3 is 0 Å². The Bertz CT molecular complexity index is 700. The van der Waals surface area contributed by atoms with E-state index in [0.717, 1.165) is 15.7 Å². The molecular formula is C12H11N3S. The zero-order chi connectivity index (χ0) is 11.3. The molecule has 2 N–H and O–H groups in total. The molecule has 0 atom stereocenters. The molecule has 3 aromatic rings. The Kier molecular flexibility index (Phi) is 1.88. The summed E-state index contributed by atoms with van der Waals surface area (Å²) < 4.78 is 4.14. The van der Waals surface area contributed by atoms with Crippen LogP contribution in [0.1, 0.15) is 11.1 Å². The van der Waals surface area contributed by atoms with Gasteiger partial charge < -0.3 is 5.73 Å². The normalized spacial score (nSPS) is 11.4. The number of hydrogen-bond donors (Lipinski definition) is 1. The van der Waals surface area contributed by atoms with Crippen LogP contribution in [0.25, 0.3) is 21.1 Å². The van der Waals surface area contributed by atoms with Crippen LogP contribution in [0, 0.1) is 13.8 Å². The number of benzene rings is 1. The van der Waals surface area contributed by atoms with Gasteiger partial charge in [-0.05, 0) is 42.6 Å². The molecule has 0 saturated carbocycles. The molecule has 3 nitrogen and oxygen atoms in total. The fourth-order valence-electron chi connectivity index (χ4n) is 1.91. The number of nitrogens with zero attached hydrogens (tertiary/aromatic N) is 2. The number of rotatable bonds is 0. The van der Waals surface area contributed by atoms with Gasteiger partial charge in [-0.15, -0.1) is 0 Å². The SMILES string of the molecule is Cc1ccc(C)c2nc3snc(N)c3cc12. The van der Waals surface area contributed by atoms with E-state index >= 15 is 0 Å². The number of fused-ring (bicyclic) bond motifs is 2. The first-order chi connectivity index (χ1) is 7.66. The quantitative estimate of drug-likeness (QED) is 0.644. The van der Waals surface area contributed by atoms with Gasteiger partial charge in [-0.3, -0.25) is 0 Å². The maximum absolute atomic E-state index is 5.81. The van der Waals surface area contributed by atoms with E-state index in [0.29, 0.717) is 5.82 Å². The fraction of sp³-hybridized carbons (Fsp3) is 0.167. The maximum Gasteiger partial charge on any atom is 0.146 e. The average Bonchev–Trinajstić information content (AvgIpc) is 2.64. The van der Waals surface area contributed by atoms with E-state index in [4.69, 9.17) is 5.73 Å². The molecule has 0 saturated heterocycles. The van der Waals surface area contributed by atoms with Crippen molar-refractivity contribution in [2.75, 3.05) is 5.73 Å². The highest BCUT2D eigenvalue weighted by molar-refractivity contribution is 7.13. The molecule has 3 rings (SSSR count). The van der Waals surface area contributed by atoms with E-state index < -0.39 is 0 Å². The van der Waals surface area contributed by atoms with Crippen molar-refractivity contribution in [3.63, 3.8) is 0 Å². The van der Waals surface area contributed by atoms with Gasteiger partial charge in [-0.1, -0.05) is 12.1 Å². The van der Waals surface area contributed by atoms with Crippen molar-refractivity contribution >= 4 is 38.5 Å². The third-order valence-electron chi connectivity index (χ3n) is 2.88. The van der Waals surface area contributed by atoms with Crippen molar-refractivity contribution < 1.29 is 0 Å². The summed E-state index contributed by atoms with van der Waals surface area (Å²) >= 11 is 1.36. The highest BCUT2D eigenvalue weighted by Gasteiger charge is 2.09. The summed E-state index contributed by atoms with van der Waals surface area (Å²) in [6.07, 6.45) is 0. The zero-order valence-electron chi connectivity index (χ0n) is 9.11. The molecule has 0 bridgehead atoms. The molecule has 2 aromatic heterocycles. The predicted octanol–water partition coefficient (Wildman–Crippen LogP) is 3.04. The second-order valence-corrected chi connectivity index (χ2v) is 4.76. The van der Waals surface area contributed by atoms with Crippen LogP contribution in [0.3, 0.4) is 0 Å². The molecule has 0 amide bonds. The van der Waals surface area contributed by atoms with Crippen LogP contribution < -0.4 is 5.73 Å². The molecule has 0 aliphatic carbocycles. The molecule has 80 valence electrons. The topological polar surface area (TPSA) is 51.8 Å². The lowest BCUT2D eigenvalue weighted by Gasteiger charge is -2.04. The van der Waals surface area contributed by atoms with Crippen molar-refractivity contribution in [3.05, 3.63) is 29.3 Å². The lowest BCUT2D eigenvalue weighted by molar-refractivity contribution is 1.40. The van der Waals surface area contributed by atoms with Crippen molar-refractivity contribution in [2.24, 2.45) is 0 Å². The third-order valence-corrected chi connectivity index (χ3v) is 3.65. The number of aromatic nitrogens is 2. The molecule has 2 heterocycles. The van der Waals surface area contributed by atoms with Crippen molar-refractivity contribution in [1.82, 2.24) is 9.36 Å². The monoisotopic (exact) mass is 229 g/mol. The van der Waals surface area contributed by atoms with Crippen LogP contribution >= 0.6 is 11.5 Å². The Morgan fingerprint density at radius 2 is 1.88 bits per heavy atom. The molecule has 0 unspecified atom stereocenters. The van der Waals surface area contributed by atoms with E-state index in [1.54, 1.807) is 0 Å². The highest BCUT2D eigenvalue weighted by atomic mass is 32.1. The maximum atomic E-state index is 5.81. The summed E-state index contributed by atoms with van der Waals surface area (Å²) in [6, 6.07) is 6.31. The molecule has 0 radical (unpaired) electrons. The Morgan fingerprint density at radius 1 is 1.12 bits per heavy atom. The highest BCUT2D eigenvalue weighted by Crippen LogP contribution is 2.29. The molecule has 1 aromatic carbocycles. The molecule has 0 aliphatic rings. The lowest BCUT2D eigenvalue weighted by Crippen LogP contribution is -1.88. The van der Waals surface area contributed by atoms with Gasteiger partial charge in [-0.2, -0.15) is 4.37 Å². The number of aryl methyl sites for hydroxylation is 2. The number of nitrogens with two attached hydrogens (primary N) is 1. The lowest BCUT2D eigenvalue weighted by atomic mass is 10.1. The van der Waals surface area contributed by atoms with E-state index in [-0.39, 0.29) is 0 Å². The second-order valence-electron chi connectivity index (χ2n) is 4.00. The second kappa shape index (κ2) is 3.15. The van der Waals surface area contributed by atoms with Gasteiger partial charge in [0.25, 0.3) is 0 Å². The van der Waals surface area contributed by atoms with Crippen LogP contribution in [0.2, 0.25) is 0 Å². The van der Waals surface area contributed by atoms with E-state index in [9.17, 15) is 0 Å². The van der Waals surface area contributed by atoms with E-state index in [2.05, 4.69) is 41.4 Å². The fourth-order valence-corrected chi connectivity index (χ4v) is 2.59. The molecule has 16 heavy (non-hydrogen) atoms. The first-order valence-corrected chi connectivity index (χ1v) is 5.86. The summed E-state index contributed by atoms with van der Waals surface area (Å²) in [5.74, 6) is 0.579. The number of pyridine rings is 1. The van der Waals surface area contributed by atoms with Gasteiger partial charge in [0.05, 0.1) is 10.9 Å². The number of hydrogen-bond acceptors (Lipinski definition) is 4. The van der Waals surface area contributed by atoms with Crippen LogP contribution in [0.15, 0.2) is 18.2 Å². The van der Waals surface area contributed by atoms with Crippen LogP contribution in [0.5, 0.6) is 0 Å². The summed E-state index contributed by atoms with van der Waals surface area (Å²) in [5.41, 5.74) is 9.28.